The second-order valence-corrected chi connectivity index (χ2v) is 21.3. The molecule has 0 saturated heterocycles. The fraction of sp³-hybridized carbons (Fsp3) is 0.779. The Morgan fingerprint density at radius 3 is 0.892 bits per heavy atom. The fourth-order valence-corrected chi connectivity index (χ4v) is 9.18. The molecule has 6 heteroatoms. The molecule has 1 atom stereocenters. The molecule has 0 aromatic carbocycles. The predicted octanol–water partition coefficient (Wildman–Crippen LogP) is 21.7. The van der Waals surface area contributed by atoms with Crippen LogP contribution in [0, 0.1) is 0 Å². The van der Waals surface area contributed by atoms with Gasteiger partial charge in [0.25, 0.3) is 0 Å². The zero-order chi connectivity index (χ0) is 53.6. The molecule has 0 aliphatic carbocycles. The van der Waals surface area contributed by atoms with Gasteiger partial charge in [-0.1, -0.05) is 293 Å². The number of hydrogen-bond acceptors (Lipinski definition) is 6. The molecule has 0 aromatic rings. The van der Waals surface area contributed by atoms with Crippen molar-refractivity contribution in [1.82, 2.24) is 0 Å². The molecule has 0 aliphatic heterocycles. The normalized spacial score (nSPS) is 12.5. The van der Waals surface area contributed by atoms with Crippen LogP contribution in [0.5, 0.6) is 0 Å². The number of carbonyl (C=O) groups excluding carboxylic acids is 3. The van der Waals surface area contributed by atoms with Crippen LogP contribution in [0.25, 0.3) is 0 Å². The molecule has 0 aliphatic rings. The van der Waals surface area contributed by atoms with Crippen LogP contribution in [0.1, 0.15) is 323 Å². The van der Waals surface area contributed by atoms with Gasteiger partial charge in [-0.15, -0.1) is 0 Å². The highest BCUT2D eigenvalue weighted by Gasteiger charge is 2.19. The molecule has 0 fully saturated rings. The lowest BCUT2D eigenvalue weighted by atomic mass is 10.0. The molecule has 0 rings (SSSR count). The first-order chi connectivity index (χ1) is 36.5. The van der Waals surface area contributed by atoms with E-state index in [9.17, 15) is 14.4 Å². The fourth-order valence-electron chi connectivity index (χ4n) is 9.18. The van der Waals surface area contributed by atoms with Crippen LogP contribution in [-0.2, 0) is 28.6 Å². The van der Waals surface area contributed by atoms with E-state index in [1.165, 1.54) is 199 Å². The molecule has 0 heterocycles. The third-order valence-corrected chi connectivity index (χ3v) is 13.9. The van der Waals surface area contributed by atoms with Crippen molar-refractivity contribution in [3.63, 3.8) is 0 Å². The minimum Gasteiger partial charge on any atom is -0.462 e. The van der Waals surface area contributed by atoms with Crippen molar-refractivity contribution in [1.29, 1.82) is 0 Å². The Bertz CT molecular complexity index is 1370. The number of carbonyl (C=O) groups is 3. The van der Waals surface area contributed by atoms with Gasteiger partial charge >= 0.3 is 17.9 Å². The molecule has 0 amide bonds. The summed E-state index contributed by atoms with van der Waals surface area (Å²) in [6.45, 7) is 6.52. The summed E-state index contributed by atoms with van der Waals surface area (Å²) in [7, 11) is 0. The topological polar surface area (TPSA) is 78.9 Å². The van der Waals surface area contributed by atoms with Crippen LogP contribution in [-0.4, -0.2) is 37.2 Å². The second kappa shape index (κ2) is 62.4. The van der Waals surface area contributed by atoms with Crippen molar-refractivity contribution in [3.05, 3.63) is 72.9 Å². The Balaban J connectivity index is 4.41. The molecule has 0 bridgehead atoms. The van der Waals surface area contributed by atoms with Crippen molar-refractivity contribution in [2.75, 3.05) is 13.2 Å². The van der Waals surface area contributed by atoms with Crippen molar-refractivity contribution >= 4 is 17.9 Å². The molecular formula is C68H120O6. The largest absolute Gasteiger partial charge is 0.462 e. The van der Waals surface area contributed by atoms with E-state index < -0.39 is 6.10 Å². The van der Waals surface area contributed by atoms with Crippen LogP contribution in [0.2, 0.25) is 0 Å². The summed E-state index contributed by atoms with van der Waals surface area (Å²) in [5.41, 5.74) is 0. The number of allylic oxidation sites excluding steroid dienone is 12. The van der Waals surface area contributed by atoms with Crippen LogP contribution < -0.4 is 0 Å². The molecule has 0 N–H and O–H groups in total. The van der Waals surface area contributed by atoms with Gasteiger partial charge in [0.05, 0.1) is 0 Å². The van der Waals surface area contributed by atoms with Crippen LogP contribution in [0.15, 0.2) is 72.9 Å². The van der Waals surface area contributed by atoms with Gasteiger partial charge in [-0.25, -0.2) is 0 Å². The van der Waals surface area contributed by atoms with Gasteiger partial charge in [-0.3, -0.25) is 14.4 Å². The summed E-state index contributed by atoms with van der Waals surface area (Å²) in [6.07, 6.45) is 80.6. The highest BCUT2D eigenvalue weighted by Crippen LogP contribution is 2.17. The second-order valence-electron chi connectivity index (χ2n) is 21.3. The number of unbranched alkanes of at least 4 members (excludes halogenated alkanes) is 35. The Morgan fingerprint density at radius 2 is 0.541 bits per heavy atom. The molecule has 0 saturated carbocycles. The zero-order valence-corrected chi connectivity index (χ0v) is 49.1. The van der Waals surface area contributed by atoms with E-state index >= 15 is 0 Å². The van der Waals surface area contributed by atoms with Crippen molar-refractivity contribution < 1.29 is 28.6 Å². The van der Waals surface area contributed by atoms with E-state index in [1.807, 2.05) is 0 Å². The van der Waals surface area contributed by atoms with E-state index in [1.54, 1.807) is 0 Å². The summed E-state index contributed by atoms with van der Waals surface area (Å²) in [5, 5.41) is 0. The maximum absolute atomic E-state index is 12.9. The summed E-state index contributed by atoms with van der Waals surface area (Å²) in [5.74, 6) is -0.941. The average Bonchev–Trinajstić information content (AvgIpc) is 3.40. The Kier molecular flexibility index (Phi) is 59.7. The average molecular weight is 1030 g/mol. The van der Waals surface area contributed by atoms with Crippen molar-refractivity contribution in [2.45, 2.75) is 329 Å². The van der Waals surface area contributed by atoms with Gasteiger partial charge in [-0.05, 0) is 83.5 Å². The third kappa shape index (κ3) is 59.7. The van der Waals surface area contributed by atoms with Crippen LogP contribution in [0.3, 0.4) is 0 Å². The molecular weight excluding hydrogens is 913 g/mol. The first-order valence-electron chi connectivity index (χ1n) is 31.9. The van der Waals surface area contributed by atoms with Crippen molar-refractivity contribution in [2.24, 2.45) is 0 Å². The van der Waals surface area contributed by atoms with Gasteiger partial charge in [0, 0.05) is 19.3 Å². The van der Waals surface area contributed by atoms with Gasteiger partial charge in [0.15, 0.2) is 6.10 Å². The lowest BCUT2D eigenvalue weighted by Gasteiger charge is -2.18. The zero-order valence-electron chi connectivity index (χ0n) is 49.1. The van der Waals surface area contributed by atoms with Gasteiger partial charge < -0.3 is 14.2 Å². The quantitative estimate of drug-likeness (QED) is 0.0261. The minimum absolute atomic E-state index is 0.0918. The number of rotatable bonds is 58. The molecule has 6 nitrogen and oxygen atoms in total. The van der Waals surface area contributed by atoms with Crippen LogP contribution >= 0.6 is 0 Å². The smallest absolute Gasteiger partial charge is 0.306 e. The molecule has 0 spiro atoms. The van der Waals surface area contributed by atoms with E-state index in [0.717, 1.165) is 77.0 Å². The van der Waals surface area contributed by atoms with E-state index in [2.05, 4.69) is 93.7 Å². The molecule has 1 unspecified atom stereocenters. The summed E-state index contributed by atoms with van der Waals surface area (Å²) in [4.78, 5) is 38.3. The standard InChI is InChI=1S/C68H120O6/c1-4-7-10-13-16-19-22-25-28-31-33-34-35-38-40-43-46-49-52-55-58-61-67(70)73-64-65(63-72-66(69)60-57-54-51-48-45-42-39-36-30-27-24-21-18-15-12-9-6-3)74-68(71)62-59-56-53-50-47-44-41-37-32-29-26-23-20-17-14-11-8-5-2/h9,12,18,21,27,29-30,32,39,42,48,51,65H,4-8,10-11,13-17,19-20,22-26,28,31,33-38,40-41,43-47,49-50,52-64H2,1-3H3/b12-9-,21-18-,30-27-,32-29-,42-39-,51-48-. The lowest BCUT2D eigenvalue weighted by Crippen LogP contribution is -2.30. The van der Waals surface area contributed by atoms with E-state index in [0.29, 0.717) is 19.3 Å². The SMILES string of the molecule is CC/C=C\C/C=C\C/C=C\C/C=C\C/C=C\CCCC(=O)OCC(COC(=O)CCCCCCCCCCCCCCCCCCCCCCC)OC(=O)CCCCCCCCC/C=C\CCCCCCCCC. The molecule has 0 aromatic heterocycles. The monoisotopic (exact) mass is 1030 g/mol. The Morgan fingerprint density at radius 1 is 0.284 bits per heavy atom. The third-order valence-electron chi connectivity index (χ3n) is 13.9. The molecule has 74 heavy (non-hydrogen) atoms. The lowest BCUT2D eigenvalue weighted by molar-refractivity contribution is -0.167. The maximum Gasteiger partial charge on any atom is 0.306 e. The number of ether oxygens (including phenoxy) is 3. The van der Waals surface area contributed by atoms with Gasteiger partial charge in [0.2, 0.25) is 0 Å². The van der Waals surface area contributed by atoms with Crippen LogP contribution in [0.4, 0.5) is 0 Å². The predicted molar refractivity (Wildman–Crippen MR) is 321 cm³/mol. The summed E-state index contributed by atoms with van der Waals surface area (Å²) in [6, 6.07) is 0. The van der Waals surface area contributed by atoms with Gasteiger partial charge in [-0.2, -0.15) is 0 Å². The maximum atomic E-state index is 12.9. The van der Waals surface area contributed by atoms with Crippen molar-refractivity contribution in [3.8, 4) is 0 Å². The first kappa shape index (κ1) is 70.8. The first-order valence-corrected chi connectivity index (χ1v) is 31.9. The summed E-state index contributed by atoms with van der Waals surface area (Å²) >= 11 is 0. The van der Waals surface area contributed by atoms with E-state index in [-0.39, 0.29) is 37.5 Å². The number of hydrogen-bond donors (Lipinski definition) is 0. The highest BCUT2D eigenvalue weighted by molar-refractivity contribution is 5.71. The summed E-state index contributed by atoms with van der Waals surface area (Å²) < 4.78 is 16.9. The Labute approximate surface area is 459 Å². The van der Waals surface area contributed by atoms with E-state index in [4.69, 9.17) is 14.2 Å². The molecule has 428 valence electrons. The number of esters is 3. The van der Waals surface area contributed by atoms with Gasteiger partial charge in [0.1, 0.15) is 13.2 Å². The minimum atomic E-state index is -0.800. The Hall–Kier alpha value is -3.15. The molecule has 0 radical (unpaired) electrons. The highest BCUT2D eigenvalue weighted by atomic mass is 16.6.